The van der Waals surface area contributed by atoms with Gasteiger partial charge in [-0.25, -0.2) is 4.98 Å². The van der Waals surface area contributed by atoms with Gasteiger partial charge < -0.3 is 11.1 Å². The Morgan fingerprint density at radius 3 is 2.48 bits per heavy atom. The van der Waals surface area contributed by atoms with Crippen molar-refractivity contribution in [3.8, 4) is 22.4 Å². The van der Waals surface area contributed by atoms with Crippen LogP contribution in [-0.2, 0) is 13.1 Å². The zero-order chi connectivity index (χ0) is 22.6. The van der Waals surface area contributed by atoms with Gasteiger partial charge in [0.15, 0.2) is 0 Å². The fourth-order valence-electron chi connectivity index (χ4n) is 3.78. The second kappa shape index (κ2) is 9.02. The van der Waals surface area contributed by atoms with Crippen LogP contribution in [0.15, 0.2) is 85.2 Å². The lowest BCUT2D eigenvalue weighted by Crippen LogP contribution is -2.24. The Labute approximate surface area is 190 Å². The Balaban J connectivity index is 1.62. The molecule has 0 bridgehead atoms. The van der Waals surface area contributed by atoms with Crippen LogP contribution in [0.25, 0.3) is 33.3 Å². The number of fused-ring (bicyclic) bond motifs is 1. The SMILES string of the molecule is NCc1ccc(-c2nc3ccnc(C(=O)NCc4ccn[nH]4)c3cc2-c2ccccc2)cc1. The summed E-state index contributed by atoms with van der Waals surface area (Å²) in [5, 5.41) is 10.3. The number of hydrogen-bond acceptors (Lipinski definition) is 5. The molecule has 3 aromatic heterocycles. The highest BCUT2D eigenvalue weighted by Crippen LogP contribution is 2.34. The molecule has 0 radical (unpaired) electrons. The Hall–Kier alpha value is -4.36. The monoisotopic (exact) mass is 434 g/mol. The van der Waals surface area contributed by atoms with Crippen molar-refractivity contribution in [2.24, 2.45) is 5.73 Å². The van der Waals surface area contributed by atoms with Crippen LogP contribution in [0.1, 0.15) is 21.7 Å². The molecule has 0 fully saturated rings. The second-order valence-electron chi connectivity index (χ2n) is 7.64. The van der Waals surface area contributed by atoms with Crippen molar-refractivity contribution in [3.63, 3.8) is 0 Å². The number of hydrogen-bond donors (Lipinski definition) is 3. The number of pyridine rings is 2. The summed E-state index contributed by atoms with van der Waals surface area (Å²) in [4.78, 5) is 22.3. The van der Waals surface area contributed by atoms with Gasteiger partial charge in [0.05, 0.1) is 23.4 Å². The minimum absolute atomic E-state index is 0.268. The molecule has 0 aliphatic carbocycles. The van der Waals surface area contributed by atoms with Crippen molar-refractivity contribution in [2.45, 2.75) is 13.1 Å². The number of aromatic amines is 1. The van der Waals surface area contributed by atoms with Gasteiger partial charge in [0, 0.05) is 35.5 Å². The first kappa shape index (κ1) is 20.5. The first-order valence-electron chi connectivity index (χ1n) is 10.6. The average molecular weight is 435 g/mol. The van der Waals surface area contributed by atoms with Crippen LogP contribution < -0.4 is 11.1 Å². The highest BCUT2D eigenvalue weighted by atomic mass is 16.1. The van der Waals surface area contributed by atoms with Gasteiger partial charge in [0.1, 0.15) is 5.69 Å². The molecule has 1 amide bonds. The van der Waals surface area contributed by atoms with Crippen LogP contribution in [0.5, 0.6) is 0 Å². The number of carbonyl (C=O) groups is 1. The molecule has 4 N–H and O–H groups in total. The normalized spacial score (nSPS) is 10.9. The predicted molar refractivity (Wildman–Crippen MR) is 128 cm³/mol. The third kappa shape index (κ3) is 4.22. The second-order valence-corrected chi connectivity index (χ2v) is 7.64. The summed E-state index contributed by atoms with van der Waals surface area (Å²) in [6.45, 7) is 0.821. The van der Waals surface area contributed by atoms with E-state index in [4.69, 9.17) is 10.7 Å². The van der Waals surface area contributed by atoms with Crippen molar-refractivity contribution in [2.75, 3.05) is 0 Å². The largest absolute Gasteiger partial charge is 0.345 e. The van der Waals surface area contributed by atoms with Crippen molar-refractivity contribution < 1.29 is 4.79 Å². The molecule has 0 saturated heterocycles. The summed E-state index contributed by atoms with van der Waals surface area (Å²) in [6.07, 6.45) is 3.26. The Bertz CT molecular complexity index is 1400. The average Bonchev–Trinajstić information content (AvgIpc) is 3.40. The van der Waals surface area contributed by atoms with Crippen LogP contribution in [0.2, 0.25) is 0 Å². The van der Waals surface area contributed by atoms with Crippen LogP contribution in [0.4, 0.5) is 0 Å². The van der Waals surface area contributed by atoms with E-state index < -0.39 is 0 Å². The number of rotatable bonds is 6. The maximum Gasteiger partial charge on any atom is 0.270 e. The maximum absolute atomic E-state index is 13.0. The lowest BCUT2D eigenvalue weighted by molar-refractivity contribution is 0.0947. The topological polar surface area (TPSA) is 110 Å². The van der Waals surface area contributed by atoms with E-state index in [1.54, 1.807) is 12.4 Å². The Morgan fingerprint density at radius 1 is 0.939 bits per heavy atom. The number of carbonyl (C=O) groups excluding carboxylic acids is 1. The fourth-order valence-corrected chi connectivity index (χ4v) is 3.78. The molecule has 0 aliphatic rings. The number of aromatic nitrogens is 4. The van der Waals surface area contributed by atoms with Crippen molar-refractivity contribution in [1.82, 2.24) is 25.5 Å². The number of H-pyrrole nitrogens is 1. The van der Waals surface area contributed by atoms with Gasteiger partial charge in [0.25, 0.3) is 5.91 Å². The highest BCUT2D eigenvalue weighted by molar-refractivity contribution is 6.06. The van der Waals surface area contributed by atoms with Crippen molar-refractivity contribution >= 4 is 16.8 Å². The molecule has 0 spiro atoms. The minimum atomic E-state index is -0.268. The van der Waals surface area contributed by atoms with E-state index in [9.17, 15) is 4.79 Å². The van der Waals surface area contributed by atoms with Crippen LogP contribution in [0.3, 0.4) is 0 Å². The molecule has 0 aliphatic heterocycles. The Kier molecular flexibility index (Phi) is 5.61. The standard InChI is InChI=1S/C26H22N6O/c27-15-17-6-8-19(9-7-17)24-21(18-4-2-1-3-5-18)14-22-23(31-24)11-12-28-25(22)26(33)29-16-20-10-13-30-32-20/h1-14H,15-16,27H2,(H,29,33)(H,30,32). The van der Waals surface area contributed by atoms with E-state index in [0.717, 1.165) is 33.6 Å². The highest BCUT2D eigenvalue weighted by Gasteiger charge is 2.17. The van der Waals surface area contributed by atoms with Crippen molar-refractivity contribution in [1.29, 1.82) is 0 Å². The van der Waals surface area contributed by atoms with Crippen LogP contribution in [-0.4, -0.2) is 26.1 Å². The van der Waals surface area contributed by atoms with Gasteiger partial charge in [0.2, 0.25) is 0 Å². The summed E-state index contributed by atoms with van der Waals surface area (Å²) in [5.74, 6) is -0.268. The smallest absolute Gasteiger partial charge is 0.270 e. The Morgan fingerprint density at radius 2 is 1.76 bits per heavy atom. The number of amides is 1. The van der Waals surface area contributed by atoms with Crippen LogP contribution >= 0.6 is 0 Å². The number of benzene rings is 2. The van der Waals surface area contributed by atoms with Gasteiger partial charge >= 0.3 is 0 Å². The van der Waals surface area contributed by atoms with E-state index >= 15 is 0 Å². The predicted octanol–water partition coefficient (Wildman–Crippen LogP) is 4.08. The molecule has 33 heavy (non-hydrogen) atoms. The third-order valence-corrected chi connectivity index (χ3v) is 5.50. The van der Waals surface area contributed by atoms with Gasteiger partial charge in [-0.05, 0) is 29.3 Å². The molecule has 5 aromatic rings. The van der Waals surface area contributed by atoms with E-state index in [-0.39, 0.29) is 5.91 Å². The molecule has 3 heterocycles. The number of nitrogens with two attached hydrogens (primary N) is 1. The molecule has 0 saturated carbocycles. The van der Waals surface area contributed by atoms with E-state index in [0.29, 0.717) is 29.7 Å². The van der Waals surface area contributed by atoms with E-state index in [1.165, 1.54) is 0 Å². The van der Waals surface area contributed by atoms with E-state index in [1.807, 2.05) is 72.8 Å². The fraction of sp³-hybridized carbons (Fsp3) is 0.0769. The quantitative estimate of drug-likeness (QED) is 0.373. The lowest BCUT2D eigenvalue weighted by Gasteiger charge is -2.13. The number of nitrogens with one attached hydrogen (secondary N) is 2. The molecular weight excluding hydrogens is 412 g/mol. The zero-order valence-corrected chi connectivity index (χ0v) is 17.8. The van der Waals surface area contributed by atoms with E-state index in [2.05, 4.69) is 20.5 Å². The number of nitrogens with zero attached hydrogens (tertiary/aromatic N) is 3. The summed E-state index contributed by atoms with van der Waals surface area (Å²) >= 11 is 0. The van der Waals surface area contributed by atoms with Crippen molar-refractivity contribution in [3.05, 3.63) is 102 Å². The summed E-state index contributed by atoms with van der Waals surface area (Å²) in [7, 11) is 0. The molecular formula is C26H22N6O. The third-order valence-electron chi connectivity index (χ3n) is 5.50. The molecule has 162 valence electrons. The first-order valence-corrected chi connectivity index (χ1v) is 10.6. The molecule has 5 rings (SSSR count). The summed E-state index contributed by atoms with van der Waals surface area (Å²) in [6, 6.07) is 23.7. The zero-order valence-electron chi connectivity index (χ0n) is 17.8. The maximum atomic E-state index is 13.0. The first-order chi connectivity index (χ1) is 16.2. The van der Waals surface area contributed by atoms with Gasteiger partial charge in [-0.15, -0.1) is 0 Å². The summed E-state index contributed by atoms with van der Waals surface area (Å²) in [5.41, 5.74) is 12.4. The van der Waals surface area contributed by atoms with Gasteiger partial charge in [-0.3, -0.25) is 14.9 Å². The lowest BCUT2D eigenvalue weighted by atomic mass is 9.96. The van der Waals surface area contributed by atoms with Gasteiger partial charge in [-0.2, -0.15) is 5.10 Å². The molecule has 2 aromatic carbocycles. The van der Waals surface area contributed by atoms with Crippen LogP contribution in [0, 0.1) is 0 Å². The molecule has 0 atom stereocenters. The molecule has 7 heteroatoms. The molecule has 0 unspecified atom stereocenters. The summed E-state index contributed by atoms with van der Waals surface area (Å²) < 4.78 is 0. The minimum Gasteiger partial charge on any atom is -0.345 e. The molecule has 7 nitrogen and oxygen atoms in total. The van der Waals surface area contributed by atoms with Gasteiger partial charge in [-0.1, -0.05) is 54.6 Å².